The quantitative estimate of drug-likeness (QED) is 0.758. The van der Waals surface area contributed by atoms with Gasteiger partial charge in [-0.1, -0.05) is 0 Å². The first-order valence-corrected chi connectivity index (χ1v) is 9.93. The van der Waals surface area contributed by atoms with Crippen LogP contribution in [0.25, 0.3) is 16.8 Å². The molecule has 0 spiro atoms. The van der Waals surface area contributed by atoms with E-state index >= 15 is 0 Å². The number of imidazole rings is 1. The molecule has 27 heavy (non-hydrogen) atoms. The molecule has 0 saturated carbocycles. The molecular weight excluding hydrogens is 342 g/mol. The molecule has 5 heterocycles. The number of hydrogen-bond donors (Lipinski definition) is 1. The Labute approximate surface area is 158 Å². The maximum Gasteiger partial charge on any atom is 0.164 e. The predicted octanol–water partition coefficient (Wildman–Crippen LogP) is 1.75. The van der Waals surface area contributed by atoms with Crippen LogP contribution in [0.1, 0.15) is 32.5 Å². The Balaban J connectivity index is 1.69. The summed E-state index contributed by atoms with van der Waals surface area (Å²) in [7, 11) is 0. The van der Waals surface area contributed by atoms with Gasteiger partial charge in [0.1, 0.15) is 23.3 Å². The molecule has 3 aromatic heterocycles. The van der Waals surface area contributed by atoms with Crippen LogP contribution >= 0.6 is 0 Å². The minimum absolute atomic E-state index is 0.259. The Morgan fingerprint density at radius 3 is 3.04 bits per heavy atom. The first-order valence-electron chi connectivity index (χ1n) is 9.93. The highest BCUT2D eigenvalue weighted by molar-refractivity contribution is 5.90. The number of piperazine rings is 1. The van der Waals surface area contributed by atoms with Gasteiger partial charge in [-0.25, -0.2) is 4.98 Å². The van der Waals surface area contributed by atoms with E-state index in [1.54, 1.807) is 6.33 Å². The fourth-order valence-electron chi connectivity index (χ4n) is 4.45. The van der Waals surface area contributed by atoms with E-state index in [1.807, 2.05) is 0 Å². The van der Waals surface area contributed by atoms with E-state index in [0.717, 1.165) is 67.4 Å². The molecule has 8 nitrogen and oxygen atoms in total. The van der Waals surface area contributed by atoms with E-state index in [9.17, 15) is 0 Å². The molecule has 5 rings (SSSR count). The number of ether oxygens (including phenoxy) is 1. The molecule has 144 valence electrons. The van der Waals surface area contributed by atoms with Crippen molar-refractivity contribution in [1.29, 1.82) is 0 Å². The molecule has 0 amide bonds. The van der Waals surface area contributed by atoms with Gasteiger partial charge in [0.05, 0.1) is 18.3 Å². The van der Waals surface area contributed by atoms with Crippen LogP contribution in [0.3, 0.4) is 0 Å². The summed E-state index contributed by atoms with van der Waals surface area (Å²) in [6, 6.07) is 2.98. The molecule has 1 N–H and O–H groups in total. The third kappa shape index (κ3) is 2.78. The van der Waals surface area contributed by atoms with E-state index in [0.29, 0.717) is 12.1 Å². The maximum absolute atomic E-state index is 5.89. The number of nitrogens with zero attached hydrogens (tertiary/aromatic N) is 6. The number of aromatic nitrogens is 5. The number of nitrogens with one attached hydrogen (secondary N) is 1. The first kappa shape index (κ1) is 16.9. The summed E-state index contributed by atoms with van der Waals surface area (Å²) in [5.41, 5.74) is 4.11. The van der Waals surface area contributed by atoms with Crippen molar-refractivity contribution in [3.8, 4) is 0 Å². The van der Waals surface area contributed by atoms with Crippen molar-refractivity contribution < 1.29 is 4.74 Å². The van der Waals surface area contributed by atoms with Crippen LogP contribution in [0.2, 0.25) is 0 Å². The number of hydrogen-bond acceptors (Lipinski definition) is 6. The molecule has 2 fully saturated rings. The summed E-state index contributed by atoms with van der Waals surface area (Å²) in [6.07, 6.45) is 4.30. The summed E-state index contributed by atoms with van der Waals surface area (Å²) in [6.45, 7) is 10.2. The van der Waals surface area contributed by atoms with Gasteiger partial charge >= 0.3 is 0 Å². The highest BCUT2D eigenvalue weighted by atomic mass is 16.5. The molecule has 0 bridgehead atoms. The minimum Gasteiger partial charge on any atom is -0.376 e. The summed E-state index contributed by atoms with van der Waals surface area (Å²) in [5.74, 6) is 1.01. The number of aryl methyl sites for hydroxylation is 1. The van der Waals surface area contributed by atoms with Crippen LogP contribution < -0.4 is 10.2 Å². The number of anilines is 1. The molecule has 2 aliphatic rings. The predicted molar refractivity (Wildman–Crippen MR) is 104 cm³/mol. The summed E-state index contributed by atoms with van der Waals surface area (Å²) in [5, 5.41) is 12.1. The molecule has 0 aliphatic carbocycles. The van der Waals surface area contributed by atoms with E-state index in [2.05, 4.69) is 56.2 Å². The van der Waals surface area contributed by atoms with Crippen LogP contribution in [0.15, 0.2) is 12.4 Å². The molecule has 3 aromatic rings. The van der Waals surface area contributed by atoms with Crippen molar-refractivity contribution in [3.05, 3.63) is 18.2 Å². The van der Waals surface area contributed by atoms with E-state index < -0.39 is 0 Å². The van der Waals surface area contributed by atoms with Crippen molar-refractivity contribution in [2.24, 2.45) is 0 Å². The summed E-state index contributed by atoms with van der Waals surface area (Å²) < 4.78 is 10.2. The van der Waals surface area contributed by atoms with E-state index in [1.165, 1.54) is 0 Å². The number of pyridine rings is 1. The van der Waals surface area contributed by atoms with Crippen molar-refractivity contribution in [3.63, 3.8) is 0 Å². The van der Waals surface area contributed by atoms with Crippen molar-refractivity contribution in [1.82, 2.24) is 29.5 Å². The second kappa shape index (κ2) is 6.45. The summed E-state index contributed by atoms with van der Waals surface area (Å²) >= 11 is 0. The second-order valence-corrected chi connectivity index (χ2v) is 7.98. The van der Waals surface area contributed by atoms with Gasteiger partial charge < -0.3 is 19.5 Å². The monoisotopic (exact) mass is 369 g/mol. The summed E-state index contributed by atoms with van der Waals surface area (Å²) in [4.78, 5) is 7.45. The Morgan fingerprint density at radius 1 is 1.33 bits per heavy atom. The standard InChI is InChI=1S/C19H27N7O/c1-12-9-24(13(2)8-20-12)16-7-17-23-21-11-26(17)19-18(16)22-14(3)25(19)10-15-5-4-6-27-15/h7,11-13,15,20H,4-6,8-10H2,1-3H3/t12-,13+,15+/m1/s1. The molecule has 3 atom stereocenters. The number of fused-ring (bicyclic) bond motifs is 3. The van der Waals surface area contributed by atoms with Gasteiger partial charge in [-0.05, 0) is 33.6 Å². The highest BCUT2D eigenvalue weighted by Crippen LogP contribution is 2.32. The fraction of sp³-hybridized carbons (Fsp3) is 0.632. The zero-order valence-corrected chi connectivity index (χ0v) is 16.2. The lowest BCUT2D eigenvalue weighted by Gasteiger charge is -2.39. The van der Waals surface area contributed by atoms with Gasteiger partial charge in [-0.15, -0.1) is 10.2 Å². The SMILES string of the molecule is Cc1nc2c(N3C[C@@H](C)NC[C@@H]3C)cc3nncn3c2n1C[C@@H]1CCCO1. The zero-order valence-electron chi connectivity index (χ0n) is 16.2. The molecular formula is C19H27N7O. The molecule has 0 aromatic carbocycles. The lowest BCUT2D eigenvalue weighted by Crippen LogP contribution is -2.54. The third-order valence-electron chi connectivity index (χ3n) is 5.93. The topological polar surface area (TPSA) is 72.5 Å². The van der Waals surface area contributed by atoms with Crippen LogP contribution in [0, 0.1) is 6.92 Å². The van der Waals surface area contributed by atoms with Crippen molar-refractivity contribution in [2.75, 3.05) is 24.6 Å². The smallest absolute Gasteiger partial charge is 0.164 e. The molecule has 2 aliphatic heterocycles. The molecule has 0 radical (unpaired) electrons. The van der Waals surface area contributed by atoms with Gasteiger partial charge in [0, 0.05) is 37.8 Å². The second-order valence-electron chi connectivity index (χ2n) is 7.98. The van der Waals surface area contributed by atoms with Crippen LogP contribution in [0.4, 0.5) is 5.69 Å². The normalized spacial score (nSPS) is 26.5. The van der Waals surface area contributed by atoms with Gasteiger partial charge in [0.2, 0.25) is 0 Å². The van der Waals surface area contributed by atoms with Gasteiger partial charge in [-0.2, -0.15) is 0 Å². The lowest BCUT2D eigenvalue weighted by atomic mass is 10.1. The lowest BCUT2D eigenvalue weighted by molar-refractivity contribution is 0.0972. The Bertz CT molecular complexity index is 971. The zero-order chi connectivity index (χ0) is 18.5. The van der Waals surface area contributed by atoms with Crippen molar-refractivity contribution in [2.45, 2.75) is 58.3 Å². The molecule has 2 saturated heterocycles. The average Bonchev–Trinajstić information content (AvgIpc) is 3.38. The highest BCUT2D eigenvalue weighted by Gasteiger charge is 2.28. The Morgan fingerprint density at radius 2 is 2.22 bits per heavy atom. The average molecular weight is 369 g/mol. The first-order chi connectivity index (χ1) is 13.1. The van der Waals surface area contributed by atoms with Gasteiger partial charge in [0.25, 0.3) is 0 Å². The van der Waals surface area contributed by atoms with Crippen LogP contribution in [0.5, 0.6) is 0 Å². The van der Waals surface area contributed by atoms with Gasteiger partial charge in [0.15, 0.2) is 5.65 Å². The molecule has 8 heteroatoms. The fourth-order valence-corrected chi connectivity index (χ4v) is 4.45. The van der Waals surface area contributed by atoms with Crippen LogP contribution in [-0.2, 0) is 11.3 Å². The van der Waals surface area contributed by atoms with Gasteiger partial charge in [-0.3, -0.25) is 4.40 Å². The van der Waals surface area contributed by atoms with E-state index in [4.69, 9.17) is 9.72 Å². The van der Waals surface area contributed by atoms with Crippen molar-refractivity contribution >= 4 is 22.5 Å². The van der Waals surface area contributed by atoms with Crippen LogP contribution in [-0.4, -0.2) is 62.0 Å². The Kier molecular flexibility index (Phi) is 4.05. The molecule has 0 unspecified atom stereocenters. The Hall–Kier alpha value is -2.19. The van der Waals surface area contributed by atoms with E-state index in [-0.39, 0.29) is 6.10 Å². The number of rotatable bonds is 3. The third-order valence-corrected chi connectivity index (χ3v) is 5.93. The largest absolute Gasteiger partial charge is 0.376 e. The maximum atomic E-state index is 5.89. The minimum atomic E-state index is 0.259.